The number of allylic oxidation sites excluding steroid dienone is 3. The van der Waals surface area contributed by atoms with Crippen LogP contribution >= 0.6 is 0 Å². The van der Waals surface area contributed by atoms with Crippen molar-refractivity contribution in [1.29, 1.82) is 0 Å². The maximum Gasteiger partial charge on any atom is 0.225 e. The van der Waals surface area contributed by atoms with E-state index in [1.807, 2.05) is 64.1 Å². The Morgan fingerprint density at radius 2 is 1.77 bits per heavy atom. The van der Waals surface area contributed by atoms with E-state index >= 15 is 0 Å². The third-order valence-electron chi connectivity index (χ3n) is 4.23. The van der Waals surface area contributed by atoms with Gasteiger partial charge in [0, 0.05) is 16.9 Å². The van der Waals surface area contributed by atoms with Gasteiger partial charge in [-0.15, -0.1) is 6.58 Å². The molecule has 0 aliphatic heterocycles. The van der Waals surface area contributed by atoms with Gasteiger partial charge in [-0.1, -0.05) is 70.2 Å². The molecular weight excluding hydrogens is 272 g/mol. The summed E-state index contributed by atoms with van der Waals surface area (Å²) in [6.45, 7) is 11.8. The van der Waals surface area contributed by atoms with Crippen molar-refractivity contribution in [2.75, 3.05) is 0 Å². The standard InChI is InChI=1S/C20H24O2/c1-6-12-20(5)16(14-10-8-7-9-11-14)15(13-19(2,3)4)17(21)18(20)22/h6-11,13,16H,1,12H2,2-5H3/b15-13+/t16-,20+/m0/s1. The van der Waals surface area contributed by atoms with Crippen LogP contribution in [0.25, 0.3) is 0 Å². The molecule has 1 aromatic rings. The van der Waals surface area contributed by atoms with Crippen LogP contribution in [-0.2, 0) is 9.59 Å². The molecule has 0 saturated heterocycles. The van der Waals surface area contributed by atoms with Crippen LogP contribution in [0.5, 0.6) is 0 Å². The van der Waals surface area contributed by atoms with Crippen molar-refractivity contribution in [1.82, 2.24) is 0 Å². The van der Waals surface area contributed by atoms with Crippen LogP contribution in [-0.4, -0.2) is 11.6 Å². The molecule has 1 aliphatic carbocycles. The molecule has 1 fully saturated rings. The number of benzene rings is 1. The first-order valence-electron chi connectivity index (χ1n) is 7.68. The molecule has 0 N–H and O–H groups in total. The summed E-state index contributed by atoms with van der Waals surface area (Å²) in [7, 11) is 0. The van der Waals surface area contributed by atoms with Gasteiger partial charge in [-0.05, 0) is 17.4 Å². The van der Waals surface area contributed by atoms with E-state index in [-0.39, 0.29) is 22.9 Å². The van der Waals surface area contributed by atoms with Crippen molar-refractivity contribution in [3.05, 3.63) is 60.2 Å². The molecular formula is C20H24O2. The number of carbonyl (C=O) groups is 2. The van der Waals surface area contributed by atoms with E-state index in [0.717, 1.165) is 5.56 Å². The largest absolute Gasteiger partial charge is 0.290 e. The van der Waals surface area contributed by atoms with Gasteiger partial charge in [0.15, 0.2) is 0 Å². The van der Waals surface area contributed by atoms with Crippen LogP contribution in [0, 0.1) is 10.8 Å². The molecule has 1 aliphatic rings. The second kappa shape index (κ2) is 5.68. The topological polar surface area (TPSA) is 34.1 Å². The SMILES string of the molecule is C=CC[C@@]1(C)C(=O)C(=O)/C(=C/C(C)(C)C)[C@@H]1c1ccccc1. The first-order valence-corrected chi connectivity index (χ1v) is 7.68. The quantitative estimate of drug-likeness (QED) is 0.468. The molecule has 0 amide bonds. The molecule has 116 valence electrons. The van der Waals surface area contributed by atoms with Gasteiger partial charge in [0.1, 0.15) is 0 Å². The maximum absolute atomic E-state index is 12.7. The number of rotatable bonds is 3. The van der Waals surface area contributed by atoms with E-state index in [0.29, 0.717) is 12.0 Å². The van der Waals surface area contributed by atoms with E-state index < -0.39 is 5.41 Å². The minimum atomic E-state index is -0.739. The van der Waals surface area contributed by atoms with Crippen molar-refractivity contribution in [3.63, 3.8) is 0 Å². The summed E-state index contributed by atoms with van der Waals surface area (Å²) < 4.78 is 0. The Hall–Kier alpha value is -1.96. The van der Waals surface area contributed by atoms with Crippen molar-refractivity contribution < 1.29 is 9.59 Å². The van der Waals surface area contributed by atoms with Crippen molar-refractivity contribution in [2.45, 2.75) is 40.0 Å². The summed E-state index contributed by atoms with van der Waals surface area (Å²) in [5.41, 5.74) is 0.754. The zero-order valence-corrected chi connectivity index (χ0v) is 13.8. The first kappa shape index (κ1) is 16.4. The summed E-state index contributed by atoms with van der Waals surface area (Å²) in [5, 5.41) is 0. The third-order valence-corrected chi connectivity index (χ3v) is 4.23. The van der Waals surface area contributed by atoms with Crippen molar-refractivity contribution in [3.8, 4) is 0 Å². The van der Waals surface area contributed by atoms with Crippen molar-refractivity contribution >= 4 is 11.6 Å². The van der Waals surface area contributed by atoms with Crippen molar-refractivity contribution in [2.24, 2.45) is 10.8 Å². The fraction of sp³-hybridized carbons (Fsp3) is 0.400. The molecule has 2 rings (SSSR count). The van der Waals surface area contributed by atoms with Crippen LogP contribution in [0.4, 0.5) is 0 Å². The van der Waals surface area contributed by atoms with Gasteiger partial charge in [0.25, 0.3) is 0 Å². The maximum atomic E-state index is 12.7. The lowest BCUT2D eigenvalue weighted by atomic mass is 9.71. The average molecular weight is 296 g/mol. The van der Waals surface area contributed by atoms with E-state index in [2.05, 4.69) is 6.58 Å². The highest BCUT2D eigenvalue weighted by Crippen LogP contribution is 2.51. The summed E-state index contributed by atoms with van der Waals surface area (Å²) in [5.74, 6) is -0.837. The van der Waals surface area contributed by atoms with Crippen LogP contribution in [0.3, 0.4) is 0 Å². The lowest BCUT2D eigenvalue weighted by Gasteiger charge is -2.29. The number of hydrogen-bond donors (Lipinski definition) is 0. The van der Waals surface area contributed by atoms with E-state index in [1.165, 1.54) is 0 Å². The molecule has 0 unspecified atom stereocenters. The minimum Gasteiger partial charge on any atom is -0.290 e. The minimum absolute atomic E-state index is 0.155. The molecule has 0 bridgehead atoms. The number of hydrogen-bond acceptors (Lipinski definition) is 2. The molecule has 1 saturated carbocycles. The summed E-state index contributed by atoms with van der Waals surface area (Å²) in [6, 6.07) is 9.83. The van der Waals surface area contributed by atoms with Gasteiger partial charge >= 0.3 is 0 Å². The van der Waals surface area contributed by atoms with Crippen LogP contribution in [0.1, 0.15) is 45.6 Å². The lowest BCUT2D eigenvalue weighted by Crippen LogP contribution is -2.29. The molecule has 2 nitrogen and oxygen atoms in total. The van der Waals surface area contributed by atoms with Gasteiger partial charge in [0.2, 0.25) is 11.6 Å². The normalized spacial score (nSPS) is 27.5. The molecule has 2 atom stereocenters. The predicted molar refractivity (Wildman–Crippen MR) is 89.7 cm³/mol. The zero-order chi connectivity index (χ0) is 16.5. The van der Waals surface area contributed by atoms with Gasteiger partial charge in [-0.3, -0.25) is 9.59 Å². The molecule has 0 heterocycles. The Bertz CT molecular complexity index is 631. The predicted octanol–water partition coefficient (Wildman–Crippen LogP) is 4.48. The lowest BCUT2D eigenvalue weighted by molar-refractivity contribution is -0.137. The molecule has 22 heavy (non-hydrogen) atoms. The second-order valence-electron chi connectivity index (χ2n) is 7.38. The Balaban J connectivity index is 2.67. The van der Waals surface area contributed by atoms with Gasteiger partial charge in [-0.25, -0.2) is 0 Å². The average Bonchev–Trinajstić information content (AvgIpc) is 2.61. The fourth-order valence-electron chi connectivity index (χ4n) is 3.31. The highest BCUT2D eigenvalue weighted by molar-refractivity contribution is 6.48. The highest BCUT2D eigenvalue weighted by atomic mass is 16.2. The summed E-state index contributed by atoms with van der Waals surface area (Å²) in [4.78, 5) is 25.3. The van der Waals surface area contributed by atoms with Gasteiger partial charge in [-0.2, -0.15) is 0 Å². The van der Waals surface area contributed by atoms with E-state index in [9.17, 15) is 9.59 Å². The van der Waals surface area contributed by atoms with Gasteiger partial charge in [0.05, 0.1) is 0 Å². The first-order chi connectivity index (χ1) is 10.2. The Kier molecular flexibility index (Phi) is 4.23. The fourth-order valence-corrected chi connectivity index (χ4v) is 3.31. The number of carbonyl (C=O) groups excluding carboxylic acids is 2. The zero-order valence-electron chi connectivity index (χ0n) is 13.8. The smallest absolute Gasteiger partial charge is 0.225 e. The third kappa shape index (κ3) is 2.83. The highest BCUT2D eigenvalue weighted by Gasteiger charge is 2.54. The van der Waals surface area contributed by atoms with E-state index in [4.69, 9.17) is 0 Å². The number of ketones is 2. The Morgan fingerprint density at radius 1 is 1.18 bits per heavy atom. The van der Waals surface area contributed by atoms with Gasteiger partial charge < -0.3 is 0 Å². The van der Waals surface area contributed by atoms with Crippen LogP contribution < -0.4 is 0 Å². The molecule has 2 heteroatoms. The molecule has 0 radical (unpaired) electrons. The second-order valence-corrected chi connectivity index (χ2v) is 7.38. The summed E-state index contributed by atoms with van der Waals surface area (Å²) in [6.07, 6.45) is 4.19. The summed E-state index contributed by atoms with van der Waals surface area (Å²) >= 11 is 0. The molecule has 1 aromatic carbocycles. The van der Waals surface area contributed by atoms with Crippen LogP contribution in [0.2, 0.25) is 0 Å². The number of Topliss-reactive ketones (excluding diaryl/α,β-unsaturated/α-hetero) is 2. The monoisotopic (exact) mass is 296 g/mol. The van der Waals surface area contributed by atoms with Crippen LogP contribution in [0.15, 0.2) is 54.6 Å². The molecule has 0 spiro atoms. The van der Waals surface area contributed by atoms with E-state index in [1.54, 1.807) is 6.08 Å². The molecule has 0 aromatic heterocycles. The Morgan fingerprint density at radius 3 is 2.27 bits per heavy atom. The Labute approximate surface area is 132 Å².